The number of hydrogen-bond acceptors (Lipinski definition) is 4. The predicted molar refractivity (Wildman–Crippen MR) is 86.2 cm³/mol. The number of nitrogens with one attached hydrogen (secondary N) is 1. The van der Waals surface area contributed by atoms with Crippen molar-refractivity contribution < 1.29 is 14.6 Å². The highest BCUT2D eigenvalue weighted by Gasteiger charge is 2.09. The predicted octanol–water partition coefficient (Wildman–Crippen LogP) is 3.47. The van der Waals surface area contributed by atoms with Gasteiger partial charge < -0.3 is 9.84 Å². The van der Waals surface area contributed by atoms with Crippen molar-refractivity contribution >= 4 is 35.3 Å². The number of phenols is 1. The van der Waals surface area contributed by atoms with Crippen LogP contribution in [0.25, 0.3) is 0 Å². The van der Waals surface area contributed by atoms with E-state index >= 15 is 0 Å². The Bertz CT molecular complexity index is 733. The second-order valence-corrected chi connectivity index (χ2v) is 5.10. The average molecular weight is 339 g/mol. The van der Waals surface area contributed by atoms with Crippen LogP contribution in [0.2, 0.25) is 10.0 Å². The van der Waals surface area contributed by atoms with Crippen LogP contribution in [0, 0.1) is 0 Å². The number of carbonyl (C=O) groups is 1. The number of hydrogen-bond donors (Lipinski definition) is 2. The molecule has 0 aliphatic carbocycles. The van der Waals surface area contributed by atoms with Crippen molar-refractivity contribution in [2.24, 2.45) is 5.10 Å². The Labute approximate surface area is 137 Å². The van der Waals surface area contributed by atoms with Gasteiger partial charge >= 0.3 is 0 Å². The van der Waals surface area contributed by atoms with Crippen molar-refractivity contribution in [2.75, 3.05) is 7.11 Å². The largest absolute Gasteiger partial charge is 0.504 e. The highest BCUT2D eigenvalue weighted by Crippen LogP contribution is 2.25. The lowest BCUT2D eigenvalue weighted by atomic mass is 10.2. The van der Waals surface area contributed by atoms with Gasteiger partial charge in [-0.1, -0.05) is 23.2 Å². The molecule has 114 valence electrons. The van der Waals surface area contributed by atoms with Crippen molar-refractivity contribution in [3.05, 3.63) is 57.6 Å². The lowest BCUT2D eigenvalue weighted by Crippen LogP contribution is -2.18. The summed E-state index contributed by atoms with van der Waals surface area (Å²) in [5.74, 6) is -0.122. The summed E-state index contributed by atoms with van der Waals surface area (Å²) in [5, 5.41) is 14.1. The summed E-state index contributed by atoms with van der Waals surface area (Å²) >= 11 is 11.7. The zero-order valence-electron chi connectivity index (χ0n) is 11.5. The molecule has 5 nitrogen and oxygen atoms in total. The first kappa shape index (κ1) is 16.1. The molecule has 0 saturated carbocycles. The van der Waals surface area contributed by atoms with Gasteiger partial charge in [0.2, 0.25) is 0 Å². The van der Waals surface area contributed by atoms with Crippen LogP contribution in [0.4, 0.5) is 0 Å². The van der Waals surface area contributed by atoms with E-state index in [1.165, 1.54) is 31.5 Å². The number of phenolic OH excluding ortho intramolecular Hbond substituents is 1. The third-order valence-electron chi connectivity index (χ3n) is 2.76. The molecule has 2 N–H and O–H groups in total. The van der Waals surface area contributed by atoms with E-state index in [0.29, 0.717) is 16.3 Å². The number of rotatable bonds is 4. The normalized spacial score (nSPS) is 10.7. The van der Waals surface area contributed by atoms with Crippen LogP contribution in [0.1, 0.15) is 15.9 Å². The van der Waals surface area contributed by atoms with Crippen LogP contribution < -0.4 is 10.2 Å². The van der Waals surface area contributed by atoms with E-state index in [9.17, 15) is 9.90 Å². The standard InChI is InChI=1S/C15H12Cl2N2O3/c1-22-14-5-2-9(6-13(14)20)8-18-19-15(21)11-4-3-10(16)7-12(11)17/h2-8,20H,1H3,(H,19,21). The Morgan fingerprint density at radius 1 is 1.27 bits per heavy atom. The molecule has 0 atom stereocenters. The first-order chi connectivity index (χ1) is 10.5. The number of halogens is 2. The first-order valence-corrected chi connectivity index (χ1v) is 6.92. The maximum atomic E-state index is 11.9. The zero-order chi connectivity index (χ0) is 16.1. The number of methoxy groups -OCH3 is 1. The molecule has 0 heterocycles. The fraction of sp³-hybridized carbons (Fsp3) is 0.0667. The van der Waals surface area contributed by atoms with Crippen molar-refractivity contribution in [1.29, 1.82) is 0 Å². The highest BCUT2D eigenvalue weighted by molar-refractivity contribution is 6.36. The zero-order valence-corrected chi connectivity index (χ0v) is 13.0. The number of carbonyl (C=O) groups excluding carboxylic acids is 1. The van der Waals surface area contributed by atoms with E-state index in [-0.39, 0.29) is 16.3 Å². The smallest absolute Gasteiger partial charge is 0.272 e. The van der Waals surface area contributed by atoms with Crippen molar-refractivity contribution in [3.8, 4) is 11.5 Å². The molecule has 0 radical (unpaired) electrons. The molecule has 0 unspecified atom stereocenters. The van der Waals surface area contributed by atoms with E-state index in [4.69, 9.17) is 27.9 Å². The average Bonchev–Trinajstić information content (AvgIpc) is 2.47. The van der Waals surface area contributed by atoms with Crippen molar-refractivity contribution in [1.82, 2.24) is 5.43 Å². The molecular weight excluding hydrogens is 327 g/mol. The molecule has 2 rings (SSSR count). The van der Waals surface area contributed by atoms with E-state index in [1.807, 2.05) is 0 Å². The molecule has 2 aromatic carbocycles. The van der Waals surface area contributed by atoms with Gasteiger partial charge in [-0.25, -0.2) is 5.43 Å². The summed E-state index contributed by atoms with van der Waals surface area (Å²) < 4.78 is 4.93. The fourth-order valence-corrected chi connectivity index (χ4v) is 2.18. The Morgan fingerprint density at radius 3 is 2.68 bits per heavy atom. The third kappa shape index (κ3) is 3.90. The summed E-state index contributed by atoms with van der Waals surface area (Å²) in [6, 6.07) is 9.29. The third-order valence-corrected chi connectivity index (χ3v) is 3.31. The number of benzene rings is 2. The van der Waals surface area contributed by atoms with Crippen LogP contribution in [0.15, 0.2) is 41.5 Å². The molecule has 0 aromatic heterocycles. The lowest BCUT2D eigenvalue weighted by Gasteiger charge is -2.04. The molecule has 0 aliphatic heterocycles. The van der Waals surface area contributed by atoms with Gasteiger partial charge in [-0.05, 0) is 42.0 Å². The van der Waals surface area contributed by atoms with E-state index in [0.717, 1.165) is 0 Å². The number of hydrazone groups is 1. The van der Waals surface area contributed by atoms with Crippen LogP contribution in [0.3, 0.4) is 0 Å². The van der Waals surface area contributed by atoms with Gasteiger partial charge in [0, 0.05) is 5.02 Å². The molecule has 2 aromatic rings. The fourth-order valence-electron chi connectivity index (χ4n) is 1.69. The van der Waals surface area contributed by atoms with Crippen LogP contribution in [-0.4, -0.2) is 24.3 Å². The monoisotopic (exact) mass is 338 g/mol. The maximum Gasteiger partial charge on any atom is 0.272 e. The Balaban J connectivity index is 2.05. The van der Waals surface area contributed by atoms with Gasteiger partial charge in [0.25, 0.3) is 5.91 Å². The van der Waals surface area contributed by atoms with Gasteiger partial charge in [0.05, 0.1) is 23.9 Å². The van der Waals surface area contributed by atoms with Crippen molar-refractivity contribution in [2.45, 2.75) is 0 Å². The molecule has 0 fully saturated rings. The minimum atomic E-state index is -0.462. The van der Waals surface area contributed by atoms with E-state index < -0.39 is 5.91 Å². The van der Waals surface area contributed by atoms with Gasteiger partial charge in [0.15, 0.2) is 11.5 Å². The summed E-state index contributed by atoms with van der Waals surface area (Å²) in [6.07, 6.45) is 1.39. The summed E-state index contributed by atoms with van der Waals surface area (Å²) in [5.41, 5.74) is 3.21. The second-order valence-electron chi connectivity index (χ2n) is 4.25. The summed E-state index contributed by atoms with van der Waals surface area (Å²) in [4.78, 5) is 11.9. The minimum Gasteiger partial charge on any atom is -0.504 e. The van der Waals surface area contributed by atoms with Crippen LogP contribution in [-0.2, 0) is 0 Å². The number of ether oxygens (including phenoxy) is 1. The van der Waals surface area contributed by atoms with E-state index in [2.05, 4.69) is 10.5 Å². The molecule has 0 aliphatic rings. The number of amides is 1. The Morgan fingerprint density at radius 2 is 2.05 bits per heavy atom. The quantitative estimate of drug-likeness (QED) is 0.662. The molecular formula is C15H12Cl2N2O3. The Kier molecular flexibility index (Phi) is 5.25. The lowest BCUT2D eigenvalue weighted by molar-refractivity contribution is 0.0955. The number of aromatic hydroxyl groups is 1. The number of nitrogens with zero attached hydrogens (tertiary/aromatic N) is 1. The SMILES string of the molecule is COc1ccc(C=NNC(=O)c2ccc(Cl)cc2Cl)cc1O. The molecule has 1 amide bonds. The van der Waals surface area contributed by atoms with Crippen LogP contribution >= 0.6 is 23.2 Å². The summed E-state index contributed by atoms with van der Waals surface area (Å²) in [6.45, 7) is 0. The molecule has 22 heavy (non-hydrogen) atoms. The highest BCUT2D eigenvalue weighted by atomic mass is 35.5. The van der Waals surface area contributed by atoms with Gasteiger partial charge in [-0.2, -0.15) is 5.10 Å². The maximum absolute atomic E-state index is 11.9. The first-order valence-electron chi connectivity index (χ1n) is 6.16. The summed E-state index contributed by atoms with van der Waals surface area (Å²) in [7, 11) is 1.46. The second kappa shape index (κ2) is 7.15. The molecule has 0 bridgehead atoms. The van der Waals surface area contributed by atoms with Gasteiger partial charge in [0.1, 0.15) is 0 Å². The van der Waals surface area contributed by atoms with Crippen LogP contribution in [0.5, 0.6) is 11.5 Å². The molecule has 7 heteroatoms. The molecule has 0 spiro atoms. The van der Waals surface area contributed by atoms with Gasteiger partial charge in [-0.15, -0.1) is 0 Å². The van der Waals surface area contributed by atoms with E-state index in [1.54, 1.807) is 18.2 Å². The topological polar surface area (TPSA) is 70.9 Å². The van der Waals surface area contributed by atoms with Gasteiger partial charge in [-0.3, -0.25) is 4.79 Å². The minimum absolute atomic E-state index is 0.0153. The molecule has 0 saturated heterocycles. The van der Waals surface area contributed by atoms with Crippen molar-refractivity contribution in [3.63, 3.8) is 0 Å². The Hall–Kier alpha value is -2.24.